The predicted octanol–water partition coefficient (Wildman–Crippen LogP) is 2.72. The first-order chi connectivity index (χ1) is 10.8. The van der Waals surface area contributed by atoms with Crippen LogP contribution in [0, 0.1) is 0 Å². The third kappa shape index (κ3) is 4.46. The van der Waals surface area contributed by atoms with E-state index >= 15 is 0 Å². The second-order valence-corrected chi connectivity index (χ2v) is 7.16. The van der Waals surface area contributed by atoms with E-state index in [0.717, 1.165) is 12.1 Å². The molecule has 0 saturated carbocycles. The predicted molar refractivity (Wildman–Crippen MR) is 96.8 cm³/mol. The number of hydrogen-bond donors (Lipinski definition) is 2. The fraction of sp³-hybridized carbons (Fsp3) is 0.333. The maximum Gasteiger partial charge on any atom is 0.205 e. The molecule has 2 aromatic rings. The quantitative estimate of drug-likeness (QED) is 0.650. The maximum atomic E-state index is 5.57. The van der Waals surface area contributed by atoms with Crippen molar-refractivity contribution in [3.05, 3.63) is 40.8 Å². The van der Waals surface area contributed by atoms with Crippen molar-refractivity contribution in [1.29, 1.82) is 0 Å². The molecule has 1 saturated heterocycles. The number of benzene rings is 1. The summed E-state index contributed by atoms with van der Waals surface area (Å²) in [7, 11) is 0. The summed E-state index contributed by atoms with van der Waals surface area (Å²) in [5.41, 5.74) is 10.9. The van der Waals surface area contributed by atoms with Crippen molar-refractivity contribution in [3.8, 4) is 0 Å². The molecule has 2 heterocycles. The molecule has 1 aliphatic heterocycles. The molecule has 0 atom stereocenters. The molecule has 0 aliphatic carbocycles. The molecule has 0 spiro atoms. The van der Waals surface area contributed by atoms with Crippen LogP contribution in [0.3, 0.4) is 0 Å². The van der Waals surface area contributed by atoms with Gasteiger partial charge in [-0.3, -0.25) is 10.3 Å². The summed E-state index contributed by atoms with van der Waals surface area (Å²) in [6, 6.07) is 8.49. The lowest BCUT2D eigenvalue weighted by molar-refractivity contribution is 0.294. The number of nitrogens with zero attached hydrogens (tertiary/aromatic N) is 3. The van der Waals surface area contributed by atoms with Gasteiger partial charge in [-0.25, -0.2) is 4.98 Å². The fourth-order valence-corrected chi connectivity index (χ4v) is 3.82. The van der Waals surface area contributed by atoms with Crippen LogP contribution in [0.2, 0.25) is 0 Å². The minimum absolute atomic E-state index is 0.518. The van der Waals surface area contributed by atoms with Gasteiger partial charge in [0.1, 0.15) is 5.82 Å². The van der Waals surface area contributed by atoms with E-state index in [9.17, 15) is 0 Å². The zero-order valence-corrected chi connectivity index (χ0v) is 13.9. The van der Waals surface area contributed by atoms with E-state index in [0.29, 0.717) is 10.9 Å². The molecule has 116 valence electrons. The summed E-state index contributed by atoms with van der Waals surface area (Å²) < 4.78 is 0. The van der Waals surface area contributed by atoms with Crippen molar-refractivity contribution in [3.63, 3.8) is 0 Å². The molecule has 1 aromatic heterocycles. The molecule has 0 radical (unpaired) electrons. The van der Waals surface area contributed by atoms with E-state index in [-0.39, 0.29) is 0 Å². The second-order valence-electron chi connectivity index (χ2n) is 5.08. The summed E-state index contributed by atoms with van der Waals surface area (Å²) in [5.74, 6) is 2.99. The highest BCUT2D eigenvalue weighted by atomic mass is 32.2. The van der Waals surface area contributed by atoms with Crippen LogP contribution in [0.15, 0.2) is 34.7 Å². The number of hydrogen-bond acceptors (Lipinski definition) is 7. The highest BCUT2D eigenvalue weighted by Gasteiger charge is 2.10. The topological polar surface area (TPSA) is 66.5 Å². The van der Waals surface area contributed by atoms with Gasteiger partial charge in [0.2, 0.25) is 5.13 Å². The Morgan fingerprint density at radius 2 is 2.23 bits per heavy atom. The molecular formula is C15H19N5S2. The summed E-state index contributed by atoms with van der Waals surface area (Å²) in [5, 5.41) is 6.70. The van der Waals surface area contributed by atoms with Crippen molar-refractivity contribution in [1.82, 2.24) is 9.88 Å². The van der Waals surface area contributed by atoms with E-state index in [2.05, 4.69) is 44.7 Å². The molecule has 0 bridgehead atoms. The highest BCUT2D eigenvalue weighted by Crippen LogP contribution is 2.16. The Kier molecular flexibility index (Phi) is 5.31. The number of thiazole rings is 1. The maximum absolute atomic E-state index is 5.57. The van der Waals surface area contributed by atoms with Crippen LogP contribution >= 0.6 is 23.1 Å². The average Bonchev–Trinajstić information content (AvgIpc) is 2.94. The lowest BCUT2D eigenvalue weighted by atomic mass is 10.1. The van der Waals surface area contributed by atoms with E-state index < -0.39 is 0 Å². The number of anilines is 2. The van der Waals surface area contributed by atoms with E-state index in [1.54, 1.807) is 5.38 Å². The van der Waals surface area contributed by atoms with Crippen LogP contribution in [-0.4, -0.2) is 40.7 Å². The fourth-order valence-electron chi connectivity index (χ4n) is 2.29. The van der Waals surface area contributed by atoms with Crippen molar-refractivity contribution < 1.29 is 0 Å². The largest absolute Gasteiger partial charge is 0.383 e. The van der Waals surface area contributed by atoms with Gasteiger partial charge in [0.15, 0.2) is 0 Å². The summed E-state index contributed by atoms with van der Waals surface area (Å²) >= 11 is 3.48. The van der Waals surface area contributed by atoms with Gasteiger partial charge in [-0.15, -0.1) is 11.3 Å². The van der Waals surface area contributed by atoms with Crippen LogP contribution in [-0.2, 0) is 6.54 Å². The van der Waals surface area contributed by atoms with E-state index in [4.69, 9.17) is 5.73 Å². The van der Waals surface area contributed by atoms with E-state index in [1.807, 2.05) is 18.0 Å². The number of aromatic nitrogens is 1. The third-order valence-corrected chi connectivity index (χ3v) is 5.06. The van der Waals surface area contributed by atoms with Gasteiger partial charge >= 0.3 is 0 Å². The molecule has 0 amide bonds. The molecule has 22 heavy (non-hydrogen) atoms. The molecule has 5 nitrogen and oxygen atoms in total. The zero-order valence-electron chi connectivity index (χ0n) is 12.2. The van der Waals surface area contributed by atoms with Crippen LogP contribution < -0.4 is 11.2 Å². The van der Waals surface area contributed by atoms with Crippen LogP contribution in [0.4, 0.5) is 10.9 Å². The first-order valence-electron chi connectivity index (χ1n) is 7.19. The van der Waals surface area contributed by atoms with Gasteiger partial charge in [-0.2, -0.15) is 16.9 Å². The Morgan fingerprint density at radius 1 is 1.36 bits per heavy atom. The Labute approximate surface area is 138 Å². The number of nitrogens with two attached hydrogens (primary N) is 1. The summed E-state index contributed by atoms with van der Waals surface area (Å²) in [4.78, 5) is 6.60. The van der Waals surface area contributed by atoms with Gasteiger partial charge < -0.3 is 5.73 Å². The van der Waals surface area contributed by atoms with Gasteiger partial charge in [0, 0.05) is 36.5 Å². The van der Waals surface area contributed by atoms with Crippen LogP contribution in [0.5, 0.6) is 0 Å². The van der Waals surface area contributed by atoms with Crippen LogP contribution in [0.25, 0.3) is 0 Å². The number of nitrogen functional groups attached to an aromatic ring is 1. The van der Waals surface area contributed by atoms with Crippen molar-refractivity contribution in [2.24, 2.45) is 5.10 Å². The number of nitrogens with one attached hydrogen (secondary N) is 1. The lowest BCUT2D eigenvalue weighted by Crippen LogP contribution is -2.31. The molecule has 1 aromatic carbocycles. The first kappa shape index (κ1) is 15.3. The Hall–Kier alpha value is -1.57. The molecular weight excluding hydrogens is 314 g/mol. The molecule has 3 N–H and O–H groups in total. The van der Waals surface area contributed by atoms with Gasteiger partial charge in [-0.1, -0.05) is 18.2 Å². The van der Waals surface area contributed by atoms with Crippen molar-refractivity contribution in [2.45, 2.75) is 6.54 Å². The second kappa shape index (κ2) is 7.62. The zero-order chi connectivity index (χ0) is 15.2. The molecule has 1 fully saturated rings. The third-order valence-electron chi connectivity index (χ3n) is 3.36. The van der Waals surface area contributed by atoms with Gasteiger partial charge in [-0.05, 0) is 17.2 Å². The molecule has 1 aliphatic rings. The van der Waals surface area contributed by atoms with Crippen molar-refractivity contribution in [2.75, 3.05) is 35.8 Å². The normalized spacial score (nSPS) is 16.2. The molecule has 7 heteroatoms. The smallest absolute Gasteiger partial charge is 0.205 e. The monoisotopic (exact) mass is 333 g/mol. The number of hydrazone groups is 1. The molecule has 3 rings (SSSR count). The summed E-state index contributed by atoms with van der Waals surface area (Å²) in [6.07, 6.45) is 1.81. The Morgan fingerprint density at radius 3 is 3.00 bits per heavy atom. The van der Waals surface area contributed by atoms with E-state index in [1.165, 1.54) is 41.5 Å². The van der Waals surface area contributed by atoms with Crippen LogP contribution in [0.1, 0.15) is 11.1 Å². The summed E-state index contributed by atoms with van der Waals surface area (Å²) in [6.45, 7) is 3.37. The first-order valence-corrected chi connectivity index (χ1v) is 9.22. The number of rotatable bonds is 5. The lowest BCUT2D eigenvalue weighted by Gasteiger charge is -2.26. The molecule has 0 unspecified atom stereocenters. The average molecular weight is 333 g/mol. The minimum atomic E-state index is 0.518. The highest BCUT2D eigenvalue weighted by molar-refractivity contribution is 7.99. The minimum Gasteiger partial charge on any atom is -0.383 e. The SMILES string of the molecule is Nc1csc(NN=Cc2cccc(CN3CCSCC3)c2)n1. The van der Waals surface area contributed by atoms with Gasteiger partial charge in [0.25, 0.3) is 0 Å². The van der Waals surface area contributed by atoms with Gasteiger partial charge in [0.05, 0.1) is 6.21 Å². The Bertz CT molecular complexity index is 634. The standard InChI is InChI=1S/C15H19N5S2/c16-14-11-22-15(18-14)19-17-9-12-2-1-3-13(8-12)10-20-4-6-21-7-5-20/h1-3,8-9,11H,4-7,10,16H2,(H,18,19). The number of thioether (sulfide) groups is 1. The Balaban J connectivity index is 1.58. The van der Waals surface area contributed by atoms with Crippen molar-refractivity contribution >= 4 is 40.3 Å².